The van der Waals surface area contributed by atoms with Gasteiger partial charge in [-0.25, -0.2) is 4.98 Å². The van der Waals surface area contributed by atoms with Gasteiger partial charge >= 0.3 is 0 Å². The molecular weight excluding hydrogens is 284 g/mol. The maximum atomic E-state index is 11.8. The van der Waals surface area contributed by atoms with Crippen LogP contribution in [0.1, 0.15) is 18.8 Å². The lowest BCUT2D eigenvalue weighted by Gasteiger charge is -2.10. The average molecular weight is 297 g/mol. The number of hydrogen-bond acceptors (Lipinski definition) is 4. The highest BCUT2D eigenvalue weighted by atomic mass is 35.5. The van der Waals surface area contributed by atoms with Crippen molar-refractivity contribution in [1.29, 1.82) is 0 Å². The number of hydrogen-bond donors (Lipinski definition) is 2. The highest BCUT2D eigenvalue weighted by Gasteiger charge is 2.11. The van der Waals surface area contributed by atoms with Crippen LogP contribution in [0.25, 0.3) is 0 Å². The van der Waals surface area contributed by atoms with Crippen molar-refractivity contribution in [2.75, 3.05) is 5.75 Å². The molecule has 0 saturated carbocycles. The lowest BCUT2D eigenvalue weighted by molar-refractivity contribution is -0.119. The zero-order chi connectivity index (χ0) is 13.7. The monoisotopic (exact) mass is 296 g/mol. The second-order valence-electron chi connectivity index (χ2n) is 3.90. The van der Waals surface area contributed by atoms with Gasteiger partial charge in [-0.1, -0.05) is 11.6 Å². The summed E-state index contributed by atoms with van der Waals surface area (Å²) in [5, 5.41) is 10.0. The fourth-order valence-electron chi connectivity index (χ4n) is 1.45. The Morgan fingerprint density at radius 2 is 2.21 bits per heavy atom. The van der Waals surface area contributed by atoms with Gasteiger partial charge in [-0.3, -0.25) is 9.89 Å². The summed E-state index contributed by atoms with van der Waals surface area (Å²) in [7, 11) is 0. The van der Waals surface area contributed by atoms with E-state index in [-0.39, 0.29) is 11.9 Å². The molecule has 1 heterocycles. The van der Waals surface area contributed by atoms with Crippen LogP contribution in [0.5, 0.6) is 0 Å². The highest BCUT2D eigenvalue weighted by Crippen LogP contribution is 2.20. The number of aromatic amines is 1. The fraction of sp³-hybridized carbons (Fsp3) is 0.250. The molecule has 19 heavy (non-hydrogen) atoms. The van der Waals surface area contributed by atoms with Crippen LogP contribution < -0.4 is 5.32 Å². The molecular formula is C12H13ClN4OS. The number of nitrogens with one attached hydrogen (secondary N) is 2. The van der Waals surface area contributed by atoms with Gasteiger partial charge in [0.2, 0.25) is 5.91 Å². The summed E-state index contributed by atoms with van der Waals surface area (Å²) in [6.45, 7) is 1.85. The van der Waals surface area contributed by atoms with Gasteiger partial charge in [-0.2, -0.15) is 5.10 Å². The van der Waals surface area contributed by atoms with Gasteiger partial charge in [0, 0.05) is 9.92 Å². The van der Waals surface area contributed by atoms with Crippen LogP contribution in [-0.2, 0) is 4.79 Å². The lowest BCUT2D eigenvalue weighted by atomic mass is 10.3. The molecule has 0 radical (unpaired) electrons. The smallest absolute Gasteiger partial charge is 0.230 e. The Balaban J connectivity index is 1.80. The van der Waals surface area contributed by atoms with Gasteiger partial charge in [0.15, 0.2) is 0 Å². The van der Waals surface area contributed by atoms with Crippen molar-refractivity contribution in [2.45, 2.75) is 17.9 Å². The Labute approximate surface area is 120 Å². The largest absolute Gasteiger partial charge is 0.346 e. The van der Waals surface area contributed by atoms with E-state index in [2.05, 4.69) is 20.5 Å². The molecule has 0 aliphatic heterocycles. The average Bonchev–Trinajstić information content (AvgIpc) is 2.92. The molecule has 0 saturated heterocycles. The summed E-state index contributed by atoms with van der Waals surface area (Å²) in [6.07, 6.45) is 1.42. The van der Waals surface area contributed by atoms with E-state index in [1.807, 2.05) is 19.1 Å². The summed E-state index contributed by atoms with van der Waals surface area (Å²) in [4.78, 5) is 16.8. The van der Waals surface area contributed by atoms with E-state index in [4.69, 9.17) is 11.6 Å². The summed E-state index contributed by atoms with van der Waals surface area (Å²) >= 11 is 7.25. The molecule has 1 unspecified atom stereocenters. The molecule has 1 aromatic carbocycles. The number of rotatable bonds is 5. The van der Waals surface area contributed by atoms with Crippen molar-refractivity contribution in [2.24, 2.45) is 0 Å². The van der Waals surface area contributed by atoms with Crippen LogP contribution in [0, 0.1) is 0 Å². The number of benzene rings is 1. The summed E-state index contributed by atoms with van der Waals surface area (Å²) in [5.41, 5.74) is 0. The van der Waals surface area contributed by atoms with E-state index < -0.39 is 0 Å². The van der Waals surface area contributed by atoms with Crippen LogP contribution in [0.15, 0.2) is 35.5 Å². The van der Waals surface area contributed by atoms with Crippen molar-refractivity contribution < 1.29 is 4.79 Å². The molecule has 0 fully saturated rings. The molecule has 2 rings (SSSR count). The zero-order valence-electron chi connectivity index (χ0n) is 10.3. The second kappa shape index (κ2) is 6.58. The number of carbonyl (C=O) groups is 1. The molecule has 7 heteroatoms. The van der Waals surface area contributed by atoms with Crippen LogP contribution >= 0.6 is 23.4 Å². The maximum absolute atomic E-state index is 11.8. The first kappa shape index (κ1) is 13.9. The number of carbonyl (C=O) groups excluding carboxylic acids is 1. The van der Waals surface area contributed by atoms with E-state index in [1.54, 1.807) is 12.1 Å². The number of nitrogens with zero attached hydrogens (tertiary/aromatic N) is 2. The number of halogens is 1. The molecule has 0 spiro atoms. The van der Waals surface area contributed by atoms with Crippen molar-refractivity contribution >= 4 is 29.3 Å². The first-order valence-corrected chi connectivity index (χ1v) is 7.04. The van der Waals surface area contributed by atoms with Crippen molar-refractivity contribution in [1.82, 2.24) is 20.5 Å². The van der Waals surface area contributed by atoms with Gasteiger partial charge in [0.25, 0.3) is 0 Å². The number of amides is 1. The number of H-pyrrole nitrogens is 1. The molecule has 0 bridgehead atoms. The van der Waals surface area contributed by atoms with Gasteiger partial charge < -0.3 is 5.32 Å². The summed E-state index contributed by atoms with van der Waals surface area (Å²) in [6, 6.07) is 7.21. The standard InChI is InChI=1S/C12H13ClN4OS/c1-8(12-14-7-15-17-12)16-11(18)6-19-10-4-2-9(13)3-5-10/h2-5,7-8H,6H2,1H3,(H,16,18)(H,14,15,17). The van der Waals surface area contributed by atoms with E-state index >= 15 is 0 Å². The third-order valence-electron chi connectivity index (χ3n) is 2.40. The SMILES string of the molecule is CC(NC(=O)CSc1ccc(Cl)cc1)c1ncn[nH]1. The first-order valence-electron chi connectivity index (χ1n) is 5.68. The molecule has 0 aliphatic carbocycles. The third kappa shape index (κ3) is 4.25. The first-order chi connectivity index (χ1) is 9.15. The minimum absolute atomic E-state index is 0.0520. The van der Waals surface area contributed by atoms with Gasteiger partial charge in [-0.15, -0.1) is 11.8 Å². The van der Waals surface area contributed by atoms with Crippen LogP contribution in [0.4, 0.5) is 0 Å². The highest BCUT2D eigenvalue weighted by molar-refractivity contribution is 8.00. The Morgan fingerprint density at radius 3 is 2.84 bits per heavy atom. The zero-order valence-corrected chi connectivity index (χ0v) is 11.8. The Morgan fingerprint density at radius 1 is 1.47 bits per heavy atom. The predicted octanol–water partition coefficient (Wildman–Crippen LogP) is 2.43. The van der Waals surface area contributed by atoms with E-state index in [9.17, 15) is 4.79 Å². The third-order valence-corrected chi connectivity index (χ3v) is 3.67. The molecule has 2 N–H and O–H groups in total. The summed E-state index contributed by atoms with van der Waals surface area (Å²) in [5.74, 6) is 0.939. The Kier molecular flexibility index (Phi) is 4.81. The molecule has 100 valence electrons. The van der Waals surface area contributed by atoms with Crippen molar-refractivity contribution in [3.05, 3.63) is 41.4 Å². The summed E-state index contributed by atoms with van der Waals surface area (Å²) < 4.78 is 0. The minimum atomic E-state index is -0.180. The number of aromatic nitrogens is 3. The van der Waals surface area contributed by atoms with Gasteiger partial charge in [-0.05, 0) is 31.2 Å². The van der Waals surface area contributed by atoms with E-state index in [1.165, 1.54) is 18.1 Å². The molecule has 1 amide bonds. The quantitative estimate of drug-likeness (QED) is 0.831. The molecule has 1 atom stereocenters. The molecule has 0 aliphatic rings. The minimum Gasteiger partial charge on any atom is -0.346 e. The van der Waals surface area contributed by atoms with Crippen LogP contribution in [0.2, 0.25) is 5.02 Å². The lowest BCUT2D eigenvalue weighted by Crippen LogP contribution is -2.28. The topological polar surface area (TPSA) is 70.7 Å². The molecule has 2 aromatic rings. The van der Waals surface area contributed by atoms with Gasteiger partial charge in [0.1, 0.15) is 12.2 Å². The maximum Gasteiger partial charge on any atom is 0.230 e. The van der Waals surface area contributed by atoms with Gasteiger partial charge in [0.05, 0.1) is 11.8 Å². The Bertz CT molecular complexity index is 529. The second-order valence-corrected chi connectivity index (χ2v) is 5.39. The predicted molar refractivity (Wildman–Crippen MR) is 75.1 cm³/mol. The number of thioether (sulfide) groups is 1. The normalized spacial score (nSPS) is 12.1. The van der Waals surface area contributed by atoms with Crippen molar-refractivity contribution in [3.8, 4) is 0 Å². The Hall–Kier alpha value is -1.53. The fourth-order valence-corrected chi connectivity index (χ4v) is 2.29. The van der Waals surface area contributed by atoms with Crippen LogP contribution in [-0.4, -0.2) is 26.8 Å². The van der Waals surface area contributed by atoms with E-state index in [0.717, 1.165) is 4.90 Å². The van der Waals surface area contributed by atoms with E-state index in [0.29, 0.717) is 16.6 Å². The molecule has 5 nitrogen and oxygen atoms in total. The molecule has 1 aromatic heterocycles. The van der Waals surface area contributed by atoms with Crippen molar-refractivity contribution in [3.63, 3.8) is 0 Å². The van der Waals surface area contributed by atoms with Crippen LogP contribution in [0.3, 0.4) is 0 Å².